The maximum atomic E-state index is 12.3. The van der Waals surface area contributed by atoms with Crippen molar-refractivity contribution in [2.45, 2.75) is 6.92 Å². The first kappa shape index (κ1) is 16.9. The number of carbonyl (C=O) groups excluding carboxylic acids is 1. The topological polar surface area (TPSA) is 73.1 Å². The number of allylic oxidation sites excluding steroid dienone is 1. The molecule has 5 nitrogen and oxygen atoms in total. The summed E-state index contributed by atoms with van der Waals surface area (Å²) in [5.74, 6) is -0.279. The van der Waals surface area contributed by atoms with Crippen LogP contribution in [0.5, 0.6) is 0 Å². The zero-order valence-corrected chi connectivity index (χ0v) is 14.0. The van der Waals surface area contributed by atoms with E-state index in [2.05, 4.69) is 10.1 Å². The van der Waals surface area contributed by atoms with Gasteiger partial charge in [-0.2, -0.15) is 0 Å². The summed E-state index contributed by atoms with van der Waals surface area (Å²) in [6, 6.07) is 15.2. The predicted octanol–water partition coefficient (Wildman–Crippen LogP) is 2.96. The average molecular weight is 336 g/mol. The van der Waals surface area contributed by atoms with Gasteiger partial charge >= 0.3 is 0 Å². The van der Waals surface area contributed by atoms with E-state index in [1.165, 1.54) is 0 Å². The van der Waals surface area contributed by atoms with Gasteiger partial charge in [-0.25, -0.2) is 0 Å². The third kappa shape index (κ3) is 3.19. The number of benzene rings is 2. The van der Waals surface area contributed by atoms with E-state index in [4.69, 9.17) is 10.3 Å². The first-order valence-corrected chi connectivity index (χ1v) is 8.23. The molecule has 0 unspecified atom stereocenters. The molecule has 0 fully saturated rings. The summed E-state index contributed by atoms with van der Waals surface area (Å²) in [5.41, 5.74) is 4.21. The highest BCUT2D eigenvalue weighted by atomic mass is 16.4. The molecule has 0 saturated carbocycles. The highest BCUT2D eigenvalue weighted by Gasteiger charge is 2.25. The van der Waals surface area contributed by atoms with Crippen LogP contribution in [0.15, 0.2) is 59.8 Å². The minimum atomic E-state index is -0.279. The molecule has 3 rings (SSSR count). The summed E-state index contributed by atoms with van der Waals surface area (Å²) in [5, 5.41) is 21.5. The number of likely N-dealkylation sites (N-methyl/N-ethyl adjacent to an activating group) is 1. The van der Waals surface area contributed by atoms with E-state index in [-0.39, 0.29) is 18.1 Å². The fraction of sp³-hybridized carbons (Fsp3) is 0.200. The van der Waals surface area contributed by atoms with E-state index in [0.29, 0.717) is 12.1 Å². The summed E-state index contributed by atoms with van der Waals surface area (Å²) in [4.78, 5) is 14.4. The van der Waals surface area contributed by atoms with Crippen molar-refractivity contribution in [3.8, 4) is 0 Å². The van der Waals surface area contributed by atoms with Gasteiger partial charge in [-0.1, -0.05) is 41.6 Å². The van der Waals surface area contributed by atoms with Crippen LogP contribution in [0.25, 0.3) is 5.57 Å². The highest BCUT2D eigenvalue weighted by molar-refractivity contribution is 6.53. The van der Waals surface area contributed by atoms with Crippen molar-refractivity contribution in [3.05, 3.63) is 71.3 Å². The molecule has 2 N–H and O–H groups in total. The van der Waals surface area contributed by atoms with Gasteiger partial charge in [-0.3, -0.25) is 4.79 Å². The van der Waals surface area contributed by atoms with Gasteiger partial charge in [0.15, 0.2) is 5.71 Å². The van der Waals surface area contributed by atoms with E-state index >= 15 is 0 Å². The number of Topliss-reactive ketones (excluding diaryl/α,β-unsaturated/α-hetero) is 1. The van der Waals surface area contributed by atoms with E-state index < -0.39 is 0 Å². The molecule has 0 atom stereocenters. The summed E-state index contributed by atoms with van der Waals surface area (Å²) in [6.07, 6.45) is 1.62. The molecule has 0 aliphatic heterocycles. The van der Waals surface area contributed by atoms with Crippen LogP contribution in [0.4, 0.5) is 5.69 Å². The van der Waals surface area contributed by atoms with Crippen molar-refractivity contribution in [1.29, 1.82) is 0 Å². The summed E-state index contributed by atoms with van der Waals surface area (Å²) in [7, 11) is 0. The molecule has 0 heterocycles. The van der Waals surface area contributed by atoms with Crippen molar-refractivity contribution < 1.29 is 15.1 Å². The average Bonchev–Trinajstić information content (AvgIpc) is 2.67. The number of rotatable bonds is 5. The van der Waals surface area contributed by atoms with E-state index in [1.54, 1.807) is 18.2 Å². The van der Waals surface area contributed by atoms with Crippen LogP contribution in [0.3, 0.4) is 0 Å². The number of carbonyl (C=O) groups is 1. The molecule has 128 valence electrons. The summed E-state index contributed by atoms with van der Waals surface area (Å²) >= 11 is 0. The van der Waals surface area contributed by atoms with Crippen molar-refractivity contribution in [1.82, 2.24) is 0 Å². The Hall–Kier alpha value is -2.92. The molecule has 2 aromatic rings. The van der Waals surface area contributed by atoms with Gasteiger partial charge < -0.3 is 15.2 Å². The van der Waals surface area contributed by atoms with E-state index in [0.717, 1.165) is 28.9 Å². The third-order valence-electron chi connectivity index (χ3n) is 4.38. The first-order valence-electron chi connectivity index (χ1n) is 8.23. The Morgan fingerprint density at radius 2 is 1.72 bits per heavy atom. The van der Waals surface area contributed by atoms with Gasteiger partial charge in [0.1, 0.15) is 0 Å². The number of ketones is 1. The fourth-order valence-corrected chi connectivity index (χ4v) is 3.09. The second-order valence-electron chi connectivity index (χ2n) is 5.77. The molecule has 0 bridgehead atoms. The van der Waals surface area contributed by atoms with Gasteiger partial charge in [0.25, 0.3) is 0 Å². The fourth-order valence-electron chi connectivity index (χ4n) is 3.09. The summed E-state index contributed by atoms with van der Waals surface area (Å²) in [6.45, 7) is 3.53. The third-order valence-corrected chi connectivity index (χ3v) is 4.38. The van der Waals surface area contributed by atoms with Crippen molar-refractivity contribution in [2.24, 2.45) is 5.16 Å². The molecule has 0 amide bonds. The SMILES string of the molecule is CCN(CCO)c1ccc(C2=C/C(=N/O)C(=O)c3ccccc32)cc1. The lowest BCUT2D eigenvalue weighted by Crippen LogP contribution is -2.26. The van der Waals surface area contributed by atoms with Crippen LogP contribution in [-0.4, -0.2) is 41.5 Å². The number of hydrogen-bond acceptors (Lipinski definition) is 5. The molecule has 1 aliphatic carbocycles. The number of hydrogen-bond donors (Lipinski definition) is 2. The van der Waals surface area contributed by atoms with Gasteiger partial charge in [0.2, 0.25) is 5.78 Å². The number of aliphatic hydroxyl groups is 1. The van der Waals surface area contributed by atoms with Crippen molar-refractivity contribution in [2.75, 3.05) is 24.6 Å². The lowest BCUT2D eigenvalue weighted by atomic mass is 9.85. The Labute approximate surface area is 146 Å². The van der Waals surface area contributed by atoms with Crippen LogP contribution in [0.1, 0.15) is 28.4 Å². The Morgan fingerprint density at radius 3 is 2.32 bits per heavy atom. The van der Waals surface area contributed by atoms with Gasteiger partial charge in [-0.15, -0.1) is 0 Å². The lowest BCUT2D eigenvalue weighted by Gasteiger charge is -2.23. The Bertz CT molecular complexity index is 838. The normalized spacial score (nSPS) is 15.0. The van der Waals surface area contributed by atoms with Crippen LogP contribution in [0, 0.1) is 0 Å². The molecule has 1 aliphatic rings. The standard InChI is InChI=1S/C20H20N2O3/c1-2-22(11-12-23)15-9-7-14(8-10-15)18-13-19(21-25)20(24)17-6-4-3-5-16(17)18/h3-10,13,23,25H,2,11-12H2,1H3/b21-19-. The van der Waals surface area contributed by atoms with Crippen LogP contribution < -0.4 is 4.90 Å². The molecule has 0 aromatic heterocycles. The number of anilines is 1. The molecular weight excluding hydrogens is 316 g/mol. The maximum absolute atomic E-state index is 12.3. The van der Waals surface area contributed by atoms with Crippen molar-refractivity contribution in [3.63, 3.8) is 0 Å². The number of oxime groups is 1. The van der Waals surface area contributed by atoms with E-state index in [9.17, 15) is 4.79 Å². The Morgan fingerprint density at radius 1 is 1.04 bits per heavy atom. The number of nitrogens with zero attached hydrogens (tertiary/aromatic N) is 2. The molecular formula is C20H20N2O3. The molecule has 5 heteroatoms. The van der Waals surface area contributed by atoms with Gasteiger partial charge in [0, 0.05) is 24.3 Å². The number of fused-ring (bicyclic) bond motifs is 1. The minimum absolute atomic E-state index is 0.0354. The van der Waals surface area contributed by atoms with E-state index in [1.807, 2.05) is 43.3 Å². The zero-order chi connectivity index (χ0) is 17.8. The Balaban J connectivity index is 2.02. The van der Waals surface area contributed by atoms with Crippen LogP contribution in [-0.2, 0) is 0 Å². The molecule has 25 heavy (non-hydrogen) atoms. The van der Waals surface area contributed by atoms with Gasteiger partial charge in [-0.05, 0) is 41.8 Å². The Kier molecular flexibility index (Phi) is 4.95. The molecule has 0 radical (unpaired) electrons. The maximum Gasteiger partial charge on any atom is 0.215 e. The largest absolute Gasteiger partial charge is 0.410 e. The molecule has 2 aromatic carbocycles. The zero-order valence-electron chi connectivity index (χ0n) is 14.0. The highest BCUT2D eigenvalue weighted by Crippen LogP contribution is 2.31. The smallest absolute Gasteiger partial charge is 0.215 e. The molecule has 0 saturated heterocycles. The van der Waals surface area contributed by atoms with Crippen LogP contribution in [0.2, 0.25) is 0 Å². The quantitative estimate of drug-likeness (QED) is 0.650. The minimum Gasteiger partial charge on any atom is -0.410 e. The lowest BCUT2D eigenvalue weighted by molar-refractivity contribution is 0.106. The molecule has 0 spiro atoms. The predicted molar refractivity (Wildman–Crippen MR) is 98.5 cm³/mol. The van der Waals surface area contributed by atoms with Gasteiger partial charge in [0.05, 0.1) is 6.61 Å². The van der Waals surface area contributed by atoms with Crippen LogP contribution >= 0.6 is 0 Å². The second-order valence-corrected chi connectivity index (χ2v) is 5.77. The monoisotopic (exact) mass is 336 g/mol. The van der Waals surface area contributed by atoms with Crippen molar-refractivity contribution >= 4 is 22.8 Å². The first-order chi connectivity index (χ1) is 12.2. The summed E-state index contributed by atoms with van der Waals surface area (Å²) < 4.78 is 0. The second kappa shape index (κ2) is 7.32. The number of aliphatic hydroxyl groups excluding tert-OH is 1.